The first-order chi connectivity index (χ1) is 11.5. The molecule has 2 N–H and O–H groups in total. The van der Waals surface area contributed by atoms with Crippen molar-refractivity contribution < 1.29 is 29.2 Å². The number of carbonyl (C=O) groups excluding carboxylic acids is 1. The standard InChI is InChI=1S/C15H19N3O6/c1-9(19)23-14-12(17-18-16)15(21)24-11(13(14)20)8-22-7-10-5-3-2-4-6-10/h2-6,11-15,20-21H,7-8H2,1H3/t11-,12-,13-,14-,15-/m1/s1. The third kappa shape index (κ3) is 4.67. The number of nitrogens with zero attached hydrogens (tertiary/aromatic N) is 3. The molecule has 0 saturated carbocycles. The summed E-state index contributed by atoms with van der Waals surface area (Å²) in [5, 5.41) is 23.6. The molecule has 24 heavy (non-hydrogen) atoms. The second kappa shape index (κ2) is 8.62. The minimum absolute atomic E-state index is 0.0339. The summed E-state index contributed by atoms with van der Waals surface area (Å²) in [5.41, 5.74) is 9.49. The number of ether oxygens (including phenoxy) is 3. The van der Waals surface area contributed by atoms with Gasteiger partial charge in [-0.3, -0.25) is 4.79 Å². The number of hydrogen-bond acceptors (Lipinski definition) is 7. The minimum atomic E-state index is -1.51. The van der Waals surface area contributed by atoms with Crippen LogP contribution in [0.25, 0.3) is 10.4 Å². The van der Waals surface area contributed by atoms with Gasteiger partial charge in [-0.2, -0.15) is 0 Å². The van der Waals surface area contributed by atoms with Gasteiger partial charge in [-0.25, -0.2) is 0 Å². The maximum Gasteiger partial charge on any atom is 0.303 e. The summed E-state index contributed by atoms with van der Waals surface area (Å²) in [5.74, 6) is -0.671. The van der Waals surface area contributed by atoms with E-state index in [4.69, 9.17) is 19.7 Å². The molecule has 1 aromatic rings. The largest absolute Gasteiger partial charge is 0.459 e. The molecule has 0 spiro atoms. The van der Waals surface area contributed by atoms with Gasteiger partial charge in [-0.15, -0.1) is 0 Å². The Balaban J connectivity index is 1.99. The number of carbonyl (C=O) groups is 1. The highest BCUT2D eigenvalue weighted by atomic mass is 16.6. The molecule has 130 valence electrons. The van der Waals surface area contributed by atoms with Crippen LogP contribution in [0.4, 0.5) is 0 Å². The van der Waals surface area contributed by atoms with Crippen molar-refractivity contribution in [2.24, 2.45) is 5.11 Å². The number of rotatable bonds is 6. The van der Waals surface area contributed by atoms with Gasteiger partial charge in [0, 0.05) is 11.8 Å². The molecule has 1 aromatic carbocycles. The fourth-order valence-electron chi connectivity index (χ4n) is 2.43. The summed E-state index contributed by atoms with van der Waals surface area (Å²) in [4.78, 5) is 13.8. The Labute approximate surface area is 138 Å². The Kier molecular flexibility index (Phi) is 6.53. The average Bonchev–Trinajstić information content (AvgIpc) is 2.56. The molecule has 0 bridgehead atoms. The van der Waals surface area contributed by atoms with Crippen LogP contribution >= 0.6 is 0 Å². The van der Waals surface area contributed by atoms with Crippen LogP contribution in [0.5, 0.6) is 0 Å². The van der Waals surface area contributed by atoms with Crippen LogP contribution in [0.3, 0.4) is 0 Å². The molecule has 1 heterocycles. The van der Waals surface area contributed by atoms with Crippen molar-refractivity contribution in [3.05, 3.63) is 46.3 Å². The highest BCUT2D eigenvalue weighted by Gasteiger charge is 2.46. The maximum absolute atomic E-state index is 11.2. The van der Waals surface area contributed by atoms with E-state index >= 15 is 0 Å². The fourth-order valence-corrected chi connectivity index (χ4v) is 2.43. The lowest BCUT2D eigenvalue weighted by molar-refractivity contribution is -0.256. The first kappa shape index (κ1) is 18.2. The number of aliphatic hydroxyl groups is 2. The van der Waals surface area contributed by atoms with Crippen LogP contribution in [-0.4, -0.2) is 53.4 Å². The number of aliphatic hydroxyl groups excluding tert-OH is 2. The van der Waals surface area contributed by atoms with Gasteiger partial charge in [-0.05, 0) is 11.1 Å². The predicted octanol–water partition coefficient (Wildman–Crippen LogP) is 0.892. The van der Waals surface area contributed by atoms with Gasteiger partial charge in [-0.1, -0.05) is 35.4 Å². The summed E-state index contributed by atoms with van der Waals surface area (Å²) < 4.78 is 15.7. The van der Waals surface area contributed by atoms with Gasteiger partial charge < -0.3 is 24.4 Å². The second-order valence-electron chi connectivity index (χ2n) is 5.33. The Bertz CT molecular complexity index is 592. The summed E-state index contributed by atoms with van der Waals surface area (Å²) >= 11 is 0. The molecule has 0 aliphatic carbocycles. The number of benzene rings is 1. The maximum atomic E-state index is 11.2. The zero-order valence-corrected chi connectivity index (χ0v) is 13.1. The lowest BCUT2D eigenvalue weighted by Gasteiger charge is -2.40. The van der Waals surface area contributed by atoms with E-state index < -0.39 is 36.6 Å². The Morgan fingerprint density at radius 1 is 1.38 bits per heavy atom. The van der Waals surface area contributed by atoms with Crippen molar-refractivity contribution in [2.45, 2.75) is 44.2 Å². The number of hydrogen-bond donors (Lipinski definition) is 2. The van der Waals surface area contributed by atoms with Gasteiger partial charge in [0.25, 0.3) is 0 Å². The van der Waals surface area contributed by atoms with Crippen LogP contribution in [-0.2, 0) is 25.6 Å². The van der Waals surface area contributed by atoms with Crippen molar-refractivity contribution in [3.63, 3.8) is 0 Å². The lowest BCUT2D eigenvalue weighted by Crippen LogP contribution is -2.59. The number of azide groups is 1. The van der Waals surface area contributed by atoms with Crippen molar-refractivity contribution in [2.75, 3.05) is 6.61 Å². The molecule has 0 radical (unpaired) electrons. The Morgan fingerprint density at radius 2 is 2.08 bits per heavy atom. The summed E-state index contributed by atoms with van der Waals surface area (Å²) in [6.45, 7) is 1.41. The van der Waals surface area contributed by atoms with Gasteiger partial charge >= 0.3 is 5.97 Å². The summed E-state index contributed by atoms with van der Waals surface area (Å²) in [7, 11) is 0. The van der Waals surface area contributed by atoms with Gasteiger partial charge in [0.15, 0.2) is 6.29 Å². The first-order valence-corrected chi connectivity index (χ1v) is 7.37. The molecule has 0 unspecified atom stereocenters. The molecule has 1 aliphatic heterocycles. The SMILES string of the molecule is CC(=O)O[C@H]1[C@H](O)[C@@H](COCc2ccccc2)O[C@@H](O)[C@@H]1N=[N+]=[N-]. The van der Waals surface area contributed by atoms with E-state index in [9.17, 15) is 15.0 Å². The lowest BCUT2D eigenvalue weighted by atomic mass is 9.97. The van der Waals surface area contributed by atoms with Crippen molar-refractivity contribution in [1.82, 2.24) is 0 Å². The van der Waals surface area contributed by atoms with E-state index in [-0.39, 0.29) is 6.61 Å². The fraction of sp³-hybridized carbons (Fsp3) is 0.533. The minimum Gasteiger partial charge on any atom is -0.459 e. The highest BCUT2D eigenvalue weighted by molar-refractivity contribution is 5.66. The van der Waals surface area contributed by atoms with Crippen LogP contribution in [0.1, 0.15) is 12.5 Å². The summed E-state index contributed by atoms with van der Waals surface area (Å²) in [6, 6.07) is 8.15. The van der Waals surface area contributed by atoms with Crippen molar-refractivity contribution >= 4 is 5.97 Å². The van der Waals surface area contributed by atoms with E-state index in [0.717, 1.165) is 12.5 Å². The normalized spacial score (nSPS) is 29.5. The molecule has 1 aliphatic rings. The van der Waals surface area contributed by atoms with Crippen LogP contribution in [0, 0.1) is 0 Å². The third-order valence-electron chi connectivity index (χ3n) is 3.54. The topological polar surface area (TPSA) is 134 Å². The molecule has 9 nitrogen and oxygen atoms in total. The summed E-state index contributed by atoms with van der Waals surface area (Å²) in [6.07, 6.45) is -4.96. The van der Waals surface area contributed by atoms with Crippen LogP contribution in [0.15, 0.2) is 35.4 Å². The average molecular weight is 337 g/mol. The molecule has 1 saturated heterocycles. The van der Waals surface area contributed by atoms with Crippen molar-refractivity contribution in [3.8, 4) is 0 Å². The van der Waals surface area contributed by atoms with E-state index in [1.54, 1.807) is 0 Å². The third-order valence-corrected chi connectivity index (χ3v) is 3.54. The molecule has 0 amide bonds. The quantitative estimate of drug-likeness (QED) is 0.343. The first-order valence-electron chi connectivity index (χ1n) is 7.37. The van der Waals surface area contributed by atoms with Gasteiger partial charge in [0.1, 0.15) is 24.4 Å². The molecule has 0 aromatic heterocycles. The van der Waals surface area contributed by atoms with Gasteiger partial charge in [0.2, 0.25) is 0 Å². The Morgan fingerprint density at radius 3 is 2.71 bits per heavy atom. The molecular weight excluding hydrogens is 318 g/mol. The predicted molar refractivity (Wildman–Crippen MR) is 81.5 cm³/mol. The van der Waals surface area contributed by atoms with E-state index in [1.165, 1.54) is 0 Å². The van der Waals surface area contributed by atoms with Crippen LogP contribution < -0.4 is 0 Å². The molecular formula is C15H19N3O6. The molecule has 2 rings (SSSR count). The molecule has 5 atom stereocenters. The highest BCUT2D eigenvalue weighted by Crippen LogP contribution is 2.25. The van der Waals surface area contributed by atoms with Gasteiger partial charge in [0.05, 0.1) is 13.2 Å². The van der Waals surface area contributed by atoms with E-state index in [1.807, 2.05) is 30.3 Å². The Hall–Kier alpha value is -2.16. The smallest absolute Gasteiger partial charge is 0.303 e. The molecule has 1 fully saturated rings. The zero-order valence-electron chi connectivity index (χ0n) is 13.1. The van der Waals surface area contributed by atoms with Crippen molar-refractivity contribution in [1.29, 1.82) is 0 Å². The monoisotopic (exact) mass is 337 g/mol. The van der Waals surface area contributed by atoms with Crippen LogP contribution in [0.2, 0.25) is 0 Å². The zero-order chi connectivity index (χ0) is 17.5. The second-order valence-corrected chi connectivity index (χ2v) is 5.33. The molecule has 9 heteroatoms. The number of esters is 1. The van der Waals surface area contributed by atoms with E-state index in [2.05, 4.69) is 10.0 Å². The van der Waals surface area contributed by atoms with E-state index in [0.29, 0.717) is 6.61 Å².